The van der Waals surface area contributed by atoms with Gasteiger partial charge in [-0.1, -0.05) is 39.0 Å². The Morgan fingerprint density at radius 1 is 1.10 bits per heavy atom. The van der Waals surface area contributed by atoms with Gasteiger partial charge in [-0.25, -0.2) is 8.42 Å². The molecule has 114 valence electrons. The molecule has 0 unspecified atom stereocenters. The van der Waals surface area contributed by atoms with E-state index in [9.17, 15) is 8.42 Å². The van der Waals surface area contributed by atoms with Gasteiger partial charge >= 0.3 is 0 Å². The van der Waals surface area contributed by atoms with Gasteiger partial charge in [0.15, 0.2) is 0 Å². The highest BCUT2D eigenvalue weighted by Crippen LogP contribution is 2.33. The molecule has 1 aromatic carbocycles. The highest BCUT2D eigenvalue weighted by atomic mass is 32.2. The third-order valence-electron chi connectivity index (χ3n) is 2.94. The van der Waals surface area contributed by atoms with E-state index in [-0.39, 0.29) is 21.2 Å². The first-order valence-electron chi connectivity index (χ1n) is 6.63. The summed E-state index contributed by atoms with van der Waals surface area (Å²) in [5.74, 6) is 0.657. The Morgan fingerprint density at radius 3 is 2.14 bits per heavy atom. The summed E-state index contributed by atoms with van der Waals surface area (Å²) in [5.41, 5.74) is -0.366. The Labute approximate surface area is 125 Å². The first-order valence-corrected chi connectivity index (χ1v) is 8.11. The fourth-order valence-corrected chi connectivity index (χ4v) is 3.18. The summed E-state index contributed by atoms with van der Waals surface area (Å²) >= 11 is 0. The zero-order valence-electron chi connectivity index (χ0n) is 12.9. The molecule has 0 amide bonds. The highest BCUT2D eigenvalue weighted by Gasteiger charge is 2.32. The van der Waals surface area contributed by atoms with Gasteiger partial charge in [-0.05, 0) is 12.1 Å². The van der Waals surface area contributed by atoms with Gasteiger partial charge in [0.2, 0.25) is 26.6 Å². The van der Waals surface area contributed by atoms with E-state index in [4.69, 9.17) is 4.42 Å². The molecule has 0 radical (unpaired) electrons. The van der Waals surface area contributed by atoms with E-state index in [1.165, 1.54) is 0 Å². The monoisotopic (exact) mass is 308 g/mol. The maximum atomic E-state index is 12.8. The van der Waals surface area contributed by atoms with Crippen LogP contribution in [-0.4, -0.2) is 27.5 Å². The first kappa shape index (κ1) is 15.6. The van der Waals surface area contributed by atoms with Gasteiger partial charge < -0.3 is 9.32 Å². The van der Waals surface area contributed by atoms with E-state index in [2.05, 4.69) is 4.98 Å². The van der Waals surface area contributed by atoms with Crippen molar-refractivity contribution in [2.45, 2.75) is 36.1 Å². The number of hydrogen-bond acceptors (Lipinski definition) is 5. The zero-order chi connectivity index (χ0) is 15.8. The van der Waals surface area contributed by atoms with Crippen LogP contribution >= 0.6 is 0 Å². The SMILES string of the molecule is CN(C)c1oc(C(C)(C)C)nc1S(=O)(=O)c1ccccc1. The van der Waals surface area contributed by atoms with Gasteiger partial charge in [0.25, 0.3) is 0 Å². The summed E-state index contributed by atoms with van der Waals surface area (Å²) in [7, 11) is -0.234. The molecule has 0 aliphatic carbocycles. The minimum absolute atomic E-state index is 0.0383. The van der Waals surface area contributed by atoms with Crippen LogP contribution in [0.25, 0.3) is 0 Å². The summed E-state index contributed by atoms with van der Waals surface area (Å²) in [6.45, 7) is 5.78. The van der Waals surface area contributed by atoms with E-state index >= 15 is 0 Å². The van der Waals surface area contributed by atoms with Crippen molar-refractivity contribution in [1.29, 1.82) is 0 Å². The van der Waals surface area contributed by atoms with E-state index in [0.29, 0.717) is 5.89 Å². The van der Waals surface area contributed by atoms with Crippen LogP contribution in [0.3, 0.4) is 0 Å². The molecule has 1 heterocycles. The van der Waals surface area contributed by atoms with Crippen molar-refractivity contribution in [1.82, 2.24) is 4.98 Å². The predicted octanol–water partition coefficient (Wildman–Crippen LogP) is 2.87. The molecule has 0 saturated heterocycles. The van der Waals surface area contributed by atoms with Crippen molar-refractivity contribution < 1.29 is 12.8 Å². The maximum absolute atomic E-state index is 12.8. The molecular weight excluding hydrogens is 288 g/mol. The predicted molar refractivity (Wildman–Crippen MR) is 81.4 cm³/mol. The van der Waals surface area contributed by atoms with Crippen molar-refractivity contribution in [3.05, 3.63) is 36.2 Å². The van der Waals surface area contributed by atoms with Gasteiger partial charge in [0, 0.05) is 19.5 Å². The van der Waals surface area contributed by atoms with Crippen molar-refractivity contribution in [3.8, 4) is 0 Å². The quantitative estimate of drug-likeness (QED) is 0.872. The second-order valence-corrected chi connectivity index (χ2v) is 7.96. The lowest BCUT2D eigenvalue weighted by Crippen LogP contribution is -2.13. The van der Waals surface area contributed by atoms with Crippen molar-refractivity contribution >= 4 is 15.7 Å². The molecule has 0 spiro atoms. The molecular formula is C15H20N2O3S. The number of anilines is 1. The van der Waals surface area contributed by atoms with Crippen molar-refractivity contribution in [2.75, 3.05) is 19.0 Å². The van der Waals surface area contributed by atoms with Crippen molar-refractivity contribution in [3.63, 3.8) is 0 Å². The van der Waals surface area contributed by atoms with Crippen molar-refractivity contribution in [2.24, 2.45) is 0 Å². The van der Waals surface area contributed by atoms with Crippen LogP contribution in [0.2, 0.25) is 0 Å². The van der Waals surface area contributed by atoms with E-state index in [1.54, 1.807) is 49.3 Å². The lowest BCUT2D eigenvalue weighted by atomic mass is 9.97. The van der Waals surface area contributed by atoms with E-state index in [1.807, 2.05) is 20.8 Å². The minimum Gasteiger partial charge on any atom is -0.423 e. The average Bonchev–Trinajstić information content (AvgIpc) is 2.85. The smallest absolute Gasteiger partial charge is 0.235 e. The van der Waals surface area contributed by atoms with Crippen LogP contribution in [0, 0.1) is 0 Å². The van der Waals surface area contributed by atoms with Crippen LogP contribution in [-0.2, 0) is 15.3 Å². The molecule has 0 N–H and O–H groups in total. The van der Waals surface area contributed by atoms with Crippen LogP contribution < -0.4 is 4.90 Å². The molecule has 0 atom stereocenters. The lowest BCUT2D eigenvalue weighted by Gasteiger charge is -2.13. The third-order valence-corrected chi connectivity index (χ3v) is 4.60. The summed E-state index contributed by atoms with van der Waals surface area (Å²) < 4.78 is 31.2. The molecule has 6 heteroatoms. The summed E-state index contributed by atoms with van der Waals surface area (Å²) in [6, 6.07) is 8.26. The van der Waals surface area contributed by atoms with E-state index in [0.717, 1.165) is 0 Å². The topological polar surface area (TPSA) is 63.4 Å². The number of sulfone groups is 1. The molecule has 0 aliphatic heterocycles. The summed E-state index contributed by atoms with van der Waals surface area (Å²) in [5, 5.41) is -0.0383. The lowest BCUT2D eigenvalue weighted by molar-refractivity contribution is 0.395. The summed E-state index contributed by atoms with van der Waals surface area (Å²) in [4.78, 5) is 6.09. The van der Waals surface area contributed by atoms with Gasteiger partial charge in [0.05, 0.1) is 4.90 Å². The molecule has 2 aromatic rings. The number of aromatic nitrogens is 1. The zero-order valence-corrected chi connectivity index (χ0v) is 13.7. The summed E-state index contributed by atoms with van der Waals surface area (Å²) in [6.07, 6.45) is 0. The molecule has 5 nitrogen and oxygen atoms in total. The molecule has 1 aromatic heterocycles. The Morgan fingerprint density at radius 2 is 1.67 bits per heavy atom. The number of rotatable bonds is 3. The minimum atomic E-state index is -3.70. The van der Waals surface area contributed by atoms with Crippen LogP contribution in [0.4, 0.5) is 5.88 Å². The van der Waals surface area contributed by atoms with Gasteiger partial charge in [-0.2, -0.15) is 4.98 Å². The molecule has 21 heavy (non-hydrogen) atoms. The maximum Gasteiger partial charge on any atom is 0.235 e. The van der Waals surface area contributed by atoms with Gasteiger partial charge in [-0.15, -0.1) is 0 Å². The number of nitrogens with zero attached hydrogens (tertiary/aromatic N) is 2. The fraction of sp³-hybridized carbons (Fsp3) is 0.400. The standard InChI is InChI=1S/C15H20N2O3S/c1-15(2,3)14-16-12(13(20-14)17(4)5)21(18,19)11-9-7-6-8-10-11/h6-10H,1-5H3. The molecule has 0 fully saturated rings. The second-order valence-electron chi connectivity index (χ2n) is 6.09. The van der Waals surface area contributed by atoms with Crippen LogP contribution in [0.1, 0.15) is 26.7 Å². The van der Waals surface area contributed by atoms with Gasteiger partial charge in [-0.3, -0.25) is 0 Å². The van der Waals surface area contributed by atoms with Crippen LogP contribution in [0.5, 0.6) is 0 Å². The van der Waals surface area contributed by atoms with Gasteiger partial charge in [0.1, 0.15) is 0 Å². The Hall–Kier alpha value is -1.82. The Kier molecular flexibility index (Phi) is 3.84. The molecule has 0 saturated carbocycles. The second kappa shape index (κ2) is 5.18. The first-order chi connectivity index (χ1) is 9.64. The fourth-order valence-electron chi connectivity index (χ4n) is 1.79. The molecule has 2 rings (SSSR count). The number of benzene rings is 1. The Bertz CT molecular complexity index is 726. The normalized spacial score (nSPS) is 12.4. The highest BCUT2D eigenvalue weighted by molar-refractivity contribution is 7.91. The number of hydrogen-bond donors (Lipinski definition) is 0. The van der Waals surface area contributed by atoms with Crippen LogP contribution in [0.15, 0.2) is 44.7 Å². The largest absolute Gasteiger partial charge is 0.423 e. The Balaban J connectivity index is 2.66. The molecule has 0 bridgehead atoms. The number of oxazole rings is 1. The third kappa shape index (κ3) is 2.95. The molecule has 0 aliphatic rings. The van der Waals surface area contributed by atoms with E-state index < -0.39 is 9.84 Å². The average molecular weight is 308 g/mol.